The number of H-pyrrole nitrogens is 1. The Labute approximate surface area is 145 Å². The number of carbonyl (C=O) groups is 2. The first-order valence-electron chi connectivity index (χ1n) is 8.63. The zero-order valence-electron chi connectivity index (χ0n) is 14.2. The van der Waals surface area contributed by atoms with E-state index < -0.39 is 5.97 Å². The van der Waals surface area contributed by atoms with Crippen LogP contribution >= 0.6 is 0 Å². The highest BCUT2D eigenvalue weighted by Gasteiger charge is 2.23. The number of ether oxygens (including phenoxy) is 1. The molecule has 6 nitrogen and oxygen atoms in total. The Morgan fingerprint density at radius 3 is 2.80 bits per heavy atom. The van der Waals surface area contributed by atoms with Crippen LogP contribution in [0.5, 0.6) is 0 Å². The largest absolute Gasteiger partial charge is 0.452 e. The van der Waals surface area contributed by atoms with Crippen LogP contribution in [0.3, 0.4) is 0 Å². The minimum absolute atomic E-state index is 0.139. The number of nitrogens with one attached hydrogen (secondary N) is 2. The Hall–Kier alpha value is -2.63. The second-order valence-corrected chi connectivity index (χ2v) is 6.60. The van der Waals surface area contributed by atoms with Crippen LogP contribution in [0.2, 0.25) is 0 Å². The number of amides is 1. The summed E-state index contributed by atoms with van der Waals surface area (Å²) in [4.78, 5) is 38.8. The van der Waals surface area contributed by atoms with Crippen LogP contribution in [0, 0.1) is 5.92 Å². The molecule has 1 aromatic carbocycles. The SMILES string of the molecule is C[C@@H]1CCCC[C@H]1NC(=O)COC(=O)c1cc(=O)[nH]c2ccccc12. The van der Waals surface area contributed by atoms with Crippen molar-refractivity contribution in [3.8, 4) is 0 Å². The van der Waals surface area contributed by atoms with E-state index >= 15 is 0 Å². The summed E-state index contributed by atoms with van der Waals surface area (Å²) < 4.78 is 5.13. The van der Waals surface area contributed by atoms with E-state index in [1.807, 2.05) is 0 Å². The van der Waals surface area contributed by atoms with Gasteiger partial charge in [0, 0.05) is 23.0 Å². The van der Waals surface area contributed by atoms with Gasteiger partial charge in [-0.3, -0.25) is 9.59 Å². The minimum atomic E-state index is -0.672. The van der Waals surface area contributed by atoms with Gasteiger partial charge in [0.2, 0.25) is 5.56 Å². The van der Waals surface area contributed by atoms with Crippen molar-refractivity contribution in [3.63, 3.8) is 0 Å². The van der Waals surface area contributed by atoms with Gasteiger partial charge in [-0.1, -0.05) is 38.0 Å². The summed E-state index contributed by atoms with van der Waals surface area (Å²) in [7, 11) is 0. The molecule has 6 heteroatoms. The molecule has 2 atom stereocenters. The molecule has 1 aliphatic carbocycles. The van der Waals surface area contributed by atoms with E-state index in [-0.39, 0.29) is 29.7 Å². The highest BCUT2D eigenvalue weighted by molar-refractivity contribution is 6.03. The van der Waals surface area contributed by atoms with Gasteiger partial charge in [-0.25, -0.2) is 4.79 Å². The molecule has 0 spiro atoms. The third kappa shape index (κ3) is 4.07. The Morgan fingerprint density at radius 1 is 1.24 bits per heavy atom. The highest BCUT2D eigenvalue weighted by Crippen LogP contribution is 2.23. The smallest absolute Gasteiger partial charge is 0.339 e. The lowest BCUT2D eigenvalue weighted by molar-refractivity contribution is -0.125. The first kappa shape index (κ1) is 17.2. The molecular formula is C19H22N2O4. The first-order valence-corrected chi connectivity index (χ1v) is 8.63. The second kappa shape index (κ2) is 7.51. The number of benzene rings is 1. The van der Waals surface area contributed by atoms with E-state index in [1.54, 1.807) is 24.3 Å². The van der Waals surface area contributed by atoms with Crippen LogP contribution in [0.1, 0.15) is 43.0 Å². The van der Waals surface area contributed by atoms with E-state index in [0.717, 1.165) is 19.3 Å². The van der Waals surface area contributed by atoms with Gasteiger partial charge >= 0.3 is 5.97 Å². The fraction of sp³-hybridized carbons (Fsp3) is 0.421. The van der Waals surface area contributed by atoms with E-state index in [1.165, 1.54) is 12.5 Å². The quantitative estimate of drug-likeness (QED) is 0.835. The predicted molar refractivity (Wildman–Crippen MR) is 94.4 cm³/mol. The van der Waals surface area contributed by atoms with Gasteiger partial charge in [0.25, 0.3) is 5.91 Å². The van der Waals surface area contributed by atoms with Crippen LogP contribution < -0.4 is 10.9 Å². The molecule has 0 saturated heterocycles. The maximum Gasteiger partial charge on any atom is 0.339 e. The Bertz CT molecular complexity index is 843. The lowest BCUT2D eigenvalue weighted by Gasteiger charge is -2.29. The van der Waals surface area contributed by atoms with Gasteiger partial charge in [0.15, 0.2) is 6.61 Å². The van der Waals surface area contributed by atoms with Gasteiger partial charge in [0.1, 0.15) is 0 Å². The van der Waals surface area contributed by atoms with Gasteiger partial charge < -0.3 is 15.0 Å². The third-order valence-corrected chi connectivity index (χ3v) is 4.76. The maximum atomic E-state index is 12.3. The van der Waals surface area contributed by atoms with Crippen molar-refractivity contribution < 1.29 is 14.3 Å². The molecule has 1 aromatic heterocycles. The number of pyridine rings is 1. The molecule has 25 heavy (non-hydrogen) atoms. The van der Waals surface area contributed by atoms with E-state index in [4.69, 9.17) is 4.74 Å². The first-order chi connectivity index (χ1) is 12.0. The Kier molecular flexibility index (Phi) is 5.16. The molecule has 0 radical (unpaired) electrons. The number of aromatic amines is 1. The minimum Gasteiger partial charge on any atom is -0.452 e. The summed E-state index contributed by atoms with van der Waals surface area (Å²) in [5.41, 5.74) is 0.340. The van der Waals surface area contributed by atoms with Crippen LogP contribution in [-0.2, 0) is 9.53 Å². The van der Waals surface area contributed by atoms with Crippen molar-refractivity contribution >= 4 is 22.8 Å². The topological polar surface area (TPSA) is 88.3 Å². The molecule has 3 rings (SSSR count). The summed E-state index contributed by atoms with van der Waals surface area (Å²) in [6.07, 6.45) is 4.36. The van der Waals surface area contributed by atoms with Gasteiger partial charge in [-0.2, -0.15) is 0 Å². The molecule has 0 bridgehead atoms. The number of esters is 1. The normalized spacial score (nSPS) is 20.2. The van der Waals surface area contributed by atoms with E-state index in [0.29, 0.717) is 16.8 Å². The number of aromatic nitrogens is 1. The van der Waals surface area contributed by atoms with Crippen LogP contribution in [0.15, 0.2) is 35.1 Å². The summed E-state index contributed by atoms with van der Waals surface area (Å²) in [5.74, 6) is -0.541. The summed E-state index contributed by atoms with van der Waals surface area (Å²) in [6, 6.07) is 8.32. The number of hydrogen-bond acceptors (Lipinski definition) is 4. The lowest BCUT2D eigenvalue weighted by Crippen LogP contribution is -2.42. The Morgan fingerprint density at radius 2 is 2.00 bits per heavy atom. The summed E-state index contributed by atoms with van der Waals surface area (Å²) in [5, 5.41) is 3.53. The second-order valence-electron chi connectivity index (χ2n) is 6.60. The average Bonchev–Trinajstić information content (AvgIpc) is 2.61. The molecular weight excluding hydrogens is 320 g/mol. The van der Waals surface area contributed by atoms with Crippen molar-refractivity contribution in [1.29, 1.82) is 0 Å². The van der Waals surface area contributed by atoms with Crippen molar-refractivity contribution in [2.24, 2.45) is 5.92 Å². The van der Waals surface area contributed by atoms with Crippen LogP contribution in [0.25, 0.3) is 10.9 Å². The molecule has 1 aliphatic rings. The number of hydrogen-bond donors (Lipinski definition) is 2. The van der Waals surface area contributed by atoms with Gasteiger partial charge in [0.05, 0.1) is 5.56 Å². The zero-order valence-corrected chi connectivity index (χ0v) is 14.2. The van der Waals surface area contributed by atoms with Crippen molar-refractivity contribution in [1.82, 2.24) is 10.3 Å². The fourth-order valence-corrected chi connectivity index (χ4v) is 3.36. The van der Waals surface area contributed by atoms with Crippen LogP contribution in [0.4, 0.5) is 0 Å². The van der Waals surface area contributed by atoms with Crippen molar-refractivity contribution in [2.75, 3.05) is 6.61 Å². The van der Waals surface area contributed by atoms with Gasteiger partial charge in [-0.05, 0) is 24.8 Å². The number of rotatable bonds is 4. The molecule has 2 aromatic rings. The third-order valence-electron chi connectivity index (χ3n) is 4.76. The molecule has 1 fully saturated rings. The molecule has 1 heterocycles. The number of para-hydroxylation sites is 1. The molecule has 0 unspecified atom stereocenters. The molecule has 1 saturated carbocycles. The lowest BCUT2D eigenvalue weighted by atomic mass is 9.86. The monoisotopic (exact) mass is 342 g/mol. The summed E-state index contributed by atoms with van der Waals surface area (Å²) in [6.45, 7) is 1.78. The predicted octanol–water partition coefficient (Wildman–Crippen LogP) is 2.38. The molecule has 2 N–H and O–H groups in total. The highest BCUT2D eigenvalue weighted by atomic mass is 16.5. The van der Waals surface area contributed by atoms with E-state index in [2.05, 4.69) is 17.2 Å². The molecule has 1 amide bonds. The van der Waals surface area contributed by atoms with Crippen molar-refractivity contribution in [3.05, 3.63) is 46.2 Å². The van der Waals surface area contributed by atoms with Crippen molar-refractivity contribution in [2.45, 2.75) is 38.6 Å². The molecule has 132 valence electrons. The van der Waals surface area contributed by atoms with E-state index in [9.17, 15) is 14.4 Å². The number of fused-ring (bicyclic) bond motifs is 1. The Balaban J connectivity index is 1.65. The fourth-order valence-electron chi connectivity index (χ4n) is 3.36. The van der Waals surface area contributed by atoms with Crippen LogP contribution in [-0.4, -0.2) is 29.5 Å². The standard InChI is InChI=1S/C19H22N2O4/c1-12-6-2-4-8-15(12)20-18(23)11-25-19(24)14-10-17(22)21-16-9-5-3-7-13(14)16/h3,5,7,9-10,12,15H,2,4,6,8,11H2,1H3,(H,20,23)(H,21,22)/t12-,15-/m1/s1. The average molecular weight is 342 g/mol. The number of carbonyl (C=O) groups excluding carboxylic acids is 2. The maximum absolute atomic E-state index is 12.3. The summed E-state index contributed by atoms with van der Waals surface area (Å²) >= 11 is 0. The van der Waals surface area contributed by atoms with Gasteiger partial charge in [-0.15, -0.1) is 0 Å². The molecule has 0 aliphatic heterocycles. The zero-order chi connectivity index (χ0) is 17.8.